The third-order valence-corrected chi connectivity index (χ3v) is 4.56. The Hall–Kier alpha value is -2.55. The van der Waals surface area contributed by atoms with Gasteiger partial charge in [0.05, 0.1) is 17.8 Å². The van der Waals surface area contributed by atoms with Gasteiger partial charge in [-0.1, -0.05) is 5.21 Å². The Labute approximate surface area is 156 Å². The summed E-state index contributed by atoms with van der Waals surface area (Å²) < 4.78 is 33.6. The summed E-state index contributed by atoms with van der Waals surface area (Å²) in [5.74, 6) is -1.88. The maximum Gasteiger partial charge on any atom is 0.274 e. The molecule has 1 unspecified atom stereocenters. The second-order valence-electron chi connectivity index (χ2n) is 6.71. The number of carbonyl (C=O) groups is 1. The van der Waals surface area contributed by atoms with Gasteiger partial charge in [-0.3, -0.25) is 4.79 Å². The molecule has 2 N–H and O–H groups in total. The number of nitrogens with zero attached hydrogens (tertiary/aromatic N) is 3. The molecule has 146 valence electrons. The van der Waals surface area contributed by atoms with Crippen molar-refractivity contribution in [2.45, 2.75) is 38.8 Å². The molecule has 1 aromatic carbocycles. The zero-order valence-corrected chi connectivity index (χ0v) is 15.3. The number of carbonyl (C=O) groups excluding carboxylic acids is 1. The fourth-order valence-electron chi connectivity index (χ4n) is 3.09. The monoisotopic (exact) mass is 379 g/mol. The molecular formula is C18H23F2N5O2. The van der Waals surface area contributed by atoms with E-state index in [2.05, 4.69) is 20.9 Å². The van der Waals surface area contributed by atoms with Crippen LogP contribution in [-0.2, 0) is 0 Å². The number of piperidine rings is 1. The molecule has 27 heavy (non-hydrogen) atoms. The number of hydrogen-bond acceptors (Lipinski definition) is 5. The van der Waals surface area contributed by atoms with Crippen LogP contribution in [0.5, 0.6) is 5.75 Å². The molecule has 0 spiro atoms. The summed E-state index contributed by atoms with van der Waals surface area (Å²) in [6, 6.07) is 2.92. The average Bonchev–Trinajstić information content (AvgIpc) is 3.03. The van der Waals surface area contributed by atoms with Crippen LogP contribution in [0, 0.1) is 18.6 Å². The van der Waals surface area contributed by atoms with Gasteiger partial charge in [0.2, 0.25) is 0 Å². The fourth-order valence-corrected chi connectivity index (χ4v) is 3.09. The van der Waals surface area contributed by atoms with Gasteiger partial charge in [0.25, 0.3) is 5.91 Å². The first kappa shape index (κ1) is 19.2. The van der Waals surface area contributed by atoms with Crippen LogP contribution in [0.3, 0.4) is 0 Å². The van der Waals surface area contributed by atoms with E-state index in [1.165, 1.54) is 6.07 Å². The highest BCUT2D eigenvalue weighted by Gasteiger charge is 2.23. The van der Waals surface area contributed by atoms with Crippen molar-refractivity contribution in [3.63, 3.8) is 0 Å². The van der Waals surface area contributed by atoms with Crippen LogP contribution in [-0.4, -0.2) is 46.6 Å². The molecule has 1 fully saturated rings. The van der Waals surface area contributed by atoms with E-state index in [9.17, 15) is 13.6 Å². The number of amides is 1. The third-order valence-electron chi connectivity index (χ3n) is 4.56. The normalized spacial score (nSPS) is 16.1. The van der Waals surface area contributed by atoms with Crippen molar-refractivity contribution >= 4 is 5.91 Å². The molecule has 1 atom stereocenters. The highest BCUT2D eigenvalue weighted by Crippen LogP contribution is 2.20. The van der Waals surface area contributed by atoms with Crippen LogP contribution in [0.4, 0.5) is 8.78 Å². The Kier molecular flexibility index (Phi) is 6.00. The molecule has 7 nitrogen and oxygen atoms in total. The maximum atomic E-state index is 13.6. The predicted octanol–water partition coefficient (Wildman–Crippen LogP) is 1.99. The average molecular weight is 379 g/mol. The summed E-state index contributed by atoms with van der Waals surface area (Å²) in [6.07, 6.45) is 1.89. The Morgan fingerprint density at radius 3 is 2.85 bits per heavy atom. The minimum Gasteiger partial charge on any atom is -0.488 e. The second kappa shape index (κ2) is 8.43. The lowest BCUT2D eigenvalue weighted by atomic mass is 10.1. The number of halogens is 2. The summed E-state index contributed by atoms with van der Waals surface area (Å²) in [5, 5.41) is 14.2. The molecule has 9 heteroatoms. The van der Waals surface area contributed by atoms with Gasteiger partial charge < -0.3 is 15.4 Å². The Morgan fingerprint density at radius 2 is 2.15 bits per heavy atom. The lowest BCUT2D eigenvalue weighted by molar-refractivity contribution is 0.0920. The van der Waals surface area contributed by atoms with Gasteiger partial charge in [0.15, 0.2) is 17.3 Å². The lowest BCUT2D eigenvalue weighted by Crippen LogP contribution is -2.37. The molecule has 0 saturated carbocycles. The van der Waals surface area contributed by atoms with Gasteiger partial charge in [0.1, 0.15) is 12.4 Å². The number of benzene rings is 1. The second-order valence-corrected chi connectivity index (χ2v) is 6.71. The molecule has 1 saturated heterocycles. The molecule has 2 heterocycles. The summed E-state index contributed by atoms with van der Waals surface area (Å²) >= 11 is 0. The Morgan fingerprint density at radius 1 is 1.41 bits per heavy atom. The first-order valence-electron chi connectivity index (χ1n) is 8.97. The number of nitrogens with one attached hydrogen (secondary N) is 2. The summed E-state index contributed by atoms with van der Waals surface area (Å²) in [5.41, 5.74) is 0.991. The van der Waals surface area contributed by atoms with E-state index in [-0.39, 0.29) is 30.0 Å². The molecule has 1 aliphatic rings. The van der Waals surface area contributed by atoms with Gasteiger partial charge in [-0.25, -0.2) is 13.5 Å². The number of aromatic nitrogens is 3. The summed E-state index contributed by atoms with van der Waals surface area (Å²) in [7, 11) is 0. The van der Waals surface area contributed by atoms with Crippen LogP contribution in [0.25, 0.3) is 0 Å². The van der Waals surface area contributed by atoms with Gasteiger partial charge in [-0.05, 0) is 51.9 Å². The fraction of sp³-hybridized carbons (Fsp3) is 0.500. The topological polar surface area (TPSA) is 81.1 Å². The number of rotatable bonds is 6. The van der Waals surface area contributed by atoms with Crippen molar-refractivity contribution < 1.29 is 18.3 Å². The van der Waals surface area contributed by atoms with Crippen LogP contribution >= 0.6 is 0 Å². The van der Waals surface area contributed by atoms with Crippen molar-refractivity contribution in [1.29, 1.82) is 0 Å². The zero-order valence-electron chi connectivity index (χ0n) is 15.3. The van der Waals surface area contributed by atoms with Crippen molar-refractivity contribution in [1.82, 2.24) is 25.6 Å². The van der Waals surface area contributed by atoms with Crippen LogP contribution < -0.4 is 15.4 Å². The standard InChI is InChI=1S/C18H23F2N5O2/c1-11(10-27-16-4-3-13(19)9-15(16)20)22-18(26)17-12(2)25(24-23-17)14-5-7-21-8-6-14/h3-4,9,11,14,21H,5-8,10H2,1-2H3,(H,22,26). The summed E-state index contributed by atoms with van der Waals surface area (Å²) in [4.78, 5) is 12.5. The van der Waals surface area contributed by atoms with Crippen molar-refractivity contribution in [3.8, 4) is 5.75 Å². The predicted molar refractivity (Wildman–Crippen MR) is 94.7 cm³/mol. The molecule has 0 radical (unpaired) electrons. The molecule has 1 amide bonds. The molecule has 1 aromatic heterocycles. The largest absolute Gasteiger partial charge is 0.488 e. The minimum absolute atomic E-state index is 0.0375. The van der Waals surface area contributed by atoms with Crippen molar-refractivity contribution in [3.05, 3.63) is 41.2 Å². The first-order chi connectivity index (χ1) is 13.0. The highest BCUT2D eigenvalue weighted by molar-refractivity contribution is 5.93. The number of ether oxygens (including phenoxy) is 1. The van der Waals surface area contributed by atoms with E-state index < -0.39 is 17.7 Å². The molecule has 2 aromatic rings. The van der Waals surface area contributed by atoms with Gasteiger partial charge in [0, 0.05) is 6.07 Å². The first-order valence-corrected chi connectivity index (χ1v) is 8.97. The van der Waals surface area contributed by atoms with E-state index >= 15 is 0 Å². The summed E-state index contributed by atoms with van der Waals surface area (Å²) in [6.45, 7) is 5.42. The smallest absolute Gasteiger partial charge is 0.274 e. The van der Waals surface area contributed by atoms with E-state index in [1.54, 1.807) is 6.92 Å². The third kappa shape index (κ3) is 4.60. The van der Waals surface area contributed by atoms with E-state index in [4.69, 9.17) is 4.74 Å². The molecule has 0 bridgehead atoms. The Bertz CT molecular complexity index is 805. The van der Waals surface area contributed by atoms with Crippen molar-refractivity contribution in [2.75, 3.05) is 19.7 Å². The maximum absolute atomic E-state index is 13.6. The molecule has 3 rings (SSSR count). The van der Waals surface area contributed by atoms with Gasteiger partial charge in [-0.15, -0.1) is 5.10 Å². The quantitative estimate of drug-likeness (QED) is 0.802. The van der Waals surface area contributed by atoms with Crippen molar-refractivity contribution in [2.24, 2.45) is 0 Å². The number of hydrogen-bond donors (Lipinski definition) is 2. The molecule has 0 aliphatic carbocycles. The van der Waals surface area contributed by atoms with Crippen LogP contribution in [0.15, 0.2) is 18.2 Å². The molecular weight excluding hydrogens is 356 g/mol. The van der Waals surface area contributed by atoms with Gasteiger partial charge >= 0.3 is 0 Å². The SMILES string of the molecule is Cc1c(C(=O)NC(C)COc2ccc(F)cc2F)nnn1C1CCNCC1. The highest BCUT2D eigenvalue weighted by atomic mass is 19.1. The van der Waals surface area contributed by atoms with Crippen LogP contribution in [0.2, 0.25) is 0 Å². The Balaban J connectivity index is 1.57. The lowest BCUT2D eigenvalue weighted by Gasteiger charge is -2.23. The van der Waals surface area contributed by atoms with Crippen LogP contribution in [0.1, 0.15) is 42.0 Å². The van der Waals surface area contributed by atoms with E-state index in [0.29, 0.717) is 0 Å². The van der Waals surface area contributed by atoms with Gasteiger partial charge in [-0.2, -0.15) is 0 Å². The van der Waals surface area contributed by atoms with E-state index in [0.717, 1.165) is 43.8 Å². The zero-order chi connectivity index (χ0) is 19.4. The van der Waals surface area contributed by atoms with E-state index in [1.807, 2.05) is 11.6 Å². The molecule has 1 aliphatic heterocycles. The minimum atomic E-state index is -0.783.